The second-order valence-electron chi connectivity index (χ2n) is 6.98. The maximum absolute atomic E-state index is 12.6. The molecule has 2 aromatic carbocycles. The first-order valence-electron chi connectivity index (χ1n) is 8.99. The van der Waals surface area contributed by atoms with E-state index in [0.29, 0.717) is 19.3 Å². The van der Waals surface area contributed by atoms with Crippen molar-refractivity contribution in [2.75, 3.05) is 14.2 Å². The zero-order valence-electron chi connectivity index (χ0n) is 16.0. The highest BCUT2D eigenvalue weighted by Gasteiger charge is 2.53. The molecule has 0 aliphatic heterocycles. The third kappa shape index (κ3) is 3.52. The minimum Gasteiger partial charge on any atom is -0.468 e. The van der Waals surface area contributed by atoms with Crippen LogP contribution in [-0.4, -0.2) is 26.2 Å². The minimum absolute atomic E-state index is 0.291. The van der Waals surface area contributed by atoms with E-state index < -0.39 is 17.4 Å². The first-order chi connectivity index (χ1) is 13.0. The lowest BCUT2D eigenvalue weighted by Crippen LogP contribution is -2.39. The fraction of sp³-hybridized carbons (Fsp3) is 0.304. The van der Waals surface area contributed by atoms with E-state index in [4.69, 9.17) is 9.47 Å². The predicted octanol–water partition coefficient (Wildman–Crippen LogP) is 4.12. The highest BCUT2D eigenvalue weighted by Crippen LogP contribution is 2.49. The highest BCUT2D eigenvalue weighted by atomic mass is 16.5. The van der Waals surface area contributed by atoms with E-state index in [1.165, 1.54) is 14.2 Å². The van der Waals surface area contributed by atoms with Crippen molar-refractivity contribution in [3.05, 3.63) is 76.9 Å². The fourth-order valence-corrected chi connectivity index (χ4v) is 3.93. The SMILES string of the molecule is COC(=O)C1(C(=O)OC)CC(Cc2ccccc2)=C(c2ccccc2C)C1. The van der Waals surface area contributed by atoms with Gasteiger partial charge in [-0.05, 0) is 42.0 Å². The van der Waals surface area contributed by atoms with Crippen molar-refractivity contribution < 1.29 is 19.1 Å². The van der Waals surface area contributed by atoms with E-state index >= 15 is 0 Å². The third-order valence-electron chi connectivity index (χ3n) is 5.30. The van der Waals surface area contributed by atoms with Crippen LogP contribution in [0.5, 0.6) is 0 Å². The normalized spacial score (nSPS) is 15.5. The number of esters is 2. The summed E-state index contributed by atoms with van der Waals surface area (Å²) in [5.41, 5.74) is 4.12. The Kier molecular flexibility index (Phi) is 5.45. The molecule has 0 radical (unpaired) electrons. The van der Waals surface area contributed by atoms with Crippen molar-refractivity contribution in [2.45, 2.75) is 26.2 Å². The van der Waals surface area contributed by atoms with Gasteiger partial charge < -0.3 is 9.47 Å². The van der Waals surface area contributed by atoms with E-state index in [2.05, 4.69) is 12.1 Å². The number of allylic oxidation sites excluding steroid dienone is 2. The first-order valence-corrected chi connectivity index (χ1v) is 8.99. The maximum atomic E-state index is 12.6. The molecule has 1 aliphatic carbocycles. The summed E-state index contributed by atoms with van der Waals surface area (Å²) in [5.74, 6) is -1.08. The van der Waals surface area contributed by atoms with Crippen LogP contribution < -0.4 is 0 Å². The van der Waals surface area contributed by atoms with Gasteiger partial charge in [0.2, 0.25) is 0 Å². The molecule has 4 nitrogen and oxygen atoms in total. The molecule has 3 rings (SSSR count). The van der Waals surface area contributed by atoms with Crippen molar-refractivity contribution in [2.24, 2.45) is 5.41 Å². The molecule has 4 heteroatoms. The van der Waals surface area contributed by atoms with Crippen LogP contribution in [0.4, 0.5) is 0 Å². The van der Waals surface area contributed by atoms with Gasteiger partial charge in [0.05, 0.1) is 14.2 Å². The summed E-state index contributed by atoms with van der Waals surface area (Å²) in [4.78, 5) is 25.3. The Bertz CT molecular complexity index is 864. The molecule has 0 amide bonds. The largest absolute Gasteiger partial charge is 0.468 e. The number of benzene rings is 2. The Morgan fingerprint density at radius 3 is 2.07 bits per heavy atom. The van der Waals surface area contributed by atoms with Crippen LogP contribution in [-0.2, 0) is 25.5 Å². The van der Waals surface area contributed by atoms with Gasteiger partial charge >= 0.3 is 11.9 Å². The zero-order chi connectivity index (χ0) is 19.4. The predicted molar refractivity (Wildman–Crippen MR) is 104 cm³/mol. The van der Waals surface area contributed by atoms with E-state index in [-0.39, 0.29) is 0 Å². The molecule has 0 spiro atoms. The van der Waals surface area contributed by atoms with Crippen LogP contribution in [0.15, 0.2) is 60.2 Å². The quantitative estimate of drug-likeness (QED) is 0.592. The van der Waals surface area contributed by atoms with E-state index in [0.717, 1.165) is 27.8 Å². The smallest absolute Gasteiger partial charge is 0.323 e. The number of hydrogen-bond donors (Lipinski definition) is 0. The van der Waals surface area contributed by atoms with Crippen LogP contribution in [0.1, 0.15) is 29.5 Å². The number of rotatable bonds is 5. The molecule has 0 saturated carbocycles. The molecular weight excluding hydrogens is 340 g/mol. The Hall–Kier alpha value is -2.88. The Morgan fingerprint density at radius 2 is 1.48 bits per heavy atom. The maximum Gasteiger partial charge on any atom is 0.323 e. The molecule has 0 aromatic heterocycles. The molecule has 0 saturated heterocycles. The summed E-state index contributed by atoms with van der Waals surface area (Å²) < 4.78 is 10.0. The number of ether oxygens (including phenoxy) is 2. The number of carbonyl (C=O) groups is 2. The first kappa shape index (κ1) is 18.9. The second kappa shape index (κ2) is 7.78. The van der Waals surface area contributed by atoms with Gasteiger partial charge in [0.1, 0.15) is 0 Å². The van der Waals surface area contributed by atoms with Crippen LogP contribution in [0, 0.1) is 12.3 Å². The van der Waals surface area contributed by atoms with E-state index in [1.807, 2.05) is 49.4 Å². The zero-order valence-corrected chi connectivity index (χ0v) is 16.0. The Balaban J connectivity index is 2.09. The Morgan fingerprint density at radius 1 is 0.889 bits per heavy atom. The van der Waals surface area contributed by atoms with Crippen molar-refractivity contribution in [3.63, 3.8) is 0 Å². The van der Waals surface area contributed by atoms with Crippen LogP contribution in [0.2, 0.25) is 0 Å². The standard InChI is InChI=1S/C23H24O4/c1-16-9-7-8-12-19(16)20-15-23(21(24)26-2,22(25)27-3)14-18(20)13-17-10-5-4-6-11-17/h4-12H,13-15H2,1-3H3. The number of methoxy groups -OCH3 is 2. The van der Waals surface area contributed by atoms with Gasteiger partial charge in [-0.3, -0.25) is 9.59 Å². The van der Waals surface area contributed by atoms with Gasteiger partial charge in [-0.2, -0.15) is 0 Å². The number of hydrogen-bond acceptors (Lipinski definition) is 4. The Labute approximate surface area is 159 Å². The van der Waals surface area contributed by atoms with Crippen LogP contribution in [0.25, 0.3) is 5.57 Å². The molecule has 2 aromatic rings. The summed E-state index contributed by atoms with van der Waals surface area (Å²) in [6.45, 7) is 2.04. The lowest BCUT2D eigenvalue weighted by Gasteiger charge is -2.23. The fourth-order valence-electron chi connectivity index (χ4n) is 3.93. The molecule has 1 aliphatic rings. The monoisotopic (exact) mass is 364 g/mol. The van der Waals surface area contributed by atoms with Gasteiger partial charge in [-0.25, -0.2) is 0 Å². The lowest BCUT2D eigenvalue weighted by molar-refractivity contribution is -0.168. The third-order valence-corrected chi connectivity index (χ3v) is 5.30. The highest BCUT2D eigenvalue weighted by molar-refractivity contribution is 6.04. The molecule has 27 heavy (non-hydrogen) atoms. The van der Waals surface area contributed by atoms with E-state index in [1.54, 1.807) is 0 Å². The van der Waals surface area contributed by atoms with E-state index in [9.17, 15) is 9.59 Å². The number of aryl methyl sites for hydroxylation is 1. The topological polar surface area (TPSA) is 52.6 Å². The summed E-state index contributed by atoms with van der Waals surface area (Å²) in [6, 6.07) is 18.1. The van der Waals surface area contributed by atoms with Crippen molar-refractivity contribution in [1.29, 1.82) is 0 Å². The molecule has 0 unspecified atom stereocenters. The number of carbonyl (C=O) groups excluding carboxylic acids is 2. The van der Waals surface area contributed by atoms with Crippen molar-refractivity contribution in [1.82, 2.24) is 0 Å². The summed E-state index contributed by atoms with van der Waals surface area (Å²) >= 11 is 0. The molecule has 0 N–H and O–H groups in total. The van der Waals surface area contributed by atoms with Gasteiger partial charge in [0.15, 0.2) is 5.41 Å². The summed E-state index contributed by atoms with van der Waals surface area (Å²) in [6.07, 6.45) is 1.28. The minimum atomic E-state index is -1.31. The summed E-state index contributed by atoms with van der Waals surface area (Å²) in [7, 11) is 2.63. The van der Waals surface area contributed by atoms with Crippen molar-refractivity contribution >= 4 is 17.5 Å². The molecule has 0 bridgehead atoms. The average Bonchev–Trinajstić information content (AvgIpc) is 3.08. The lowest BCUT2D eigenvalue weighted by atomic mass is 9.82. The molecule has 0 fully saturated rings. The van der Waals surface area contributed by atoms with Crippen LogP contribution in [0.3, 0.4) is 0 Å². The van der Waals surface area contributed by atoms with Gasteiger partial charge in [-0.1, -0.05) is 60.2 Å². The van der Waals surface area contributed by atoms with Gasteiger partial charge in [0.25, 0.3) is 0 Å². The van der Waals surface area contributed by atoms with Gasteiger partial charge in [-0.15, -0.1) is 0 Å². The summed E-state index contributed by atoms with van der Waals surface area (Å²) in [5, 5.41) is 0. The van der Waals surface area contributed by atoms with Gasteiger partial charge in [0, 0.05) is 6.42 Å². The average molecular weight is 364 g/mol. The molecule has 0 heterocycles. The van der Waals surface area contributed by atoms with Crippen LogP contribution >= 0.6 is 0 Å². The molecule has 0 atom stereocenters. The van der Waals surface area contributed by atoms with Crippen molar-refractivity contribution in [3.8, 4) is 0 Å². The molecular formula is C23H24O4. The molecule has 140 valence electrons. The second-order valence-corrected chi connectivity index (χ2v) is 6.98.